The van der Waals surface area contributed by atoms with Gasteiger partial charge in [0.1, 0.15) is 4.21 Å². The zero-order valence-electron chi connectivity index (χ0n) is 12.2. The van der Waals surface area contributed by atoms with Crippen LogP contribution < -0.4 is 10.0 Å². The van der Waals surface area contributed by atoms with Gasteiger partial charge in [-0.25, -0.2) is 13.1 Å². The molecule has 1 aromatic rings. The van der Waals surface area contributed by atoms with Gasteiger partial charge in [0.2, 0.25) is 0 Å². The zero-order chi connectivity index (χ0) is 14.9. The van der Waals surface area contributed by atoms with Gasteiger partial charge in [-0.1, -0.05) is 0 Å². The van der Waals surface area contributed by atoms with Gasteiger partial charge >= 0.3 is 0 Å². The molecule has 21 heavy (non-hydrogen) atoms. The summed E-state index contributed by atoms with van der Waals surface area (Å²) in [6.45, 7) is 3.81. The Balaban J connectivity index is 1.65. The SMILES string of the molecule is CC1(NS(=O)(=O)c2cc(CNC3CC3)cs2)CCCOC1. The molecule has 2 heterocycles. The maximum absolute atomic E-state index is 12.5. The fraction of sp³-hybridized carbons (Fsp3) is 0.714. The number of nitrogens with one attached hydrogen (secondary N) is 2. The van der Waals surface area contributed by atoms with E-state index in [-0.39, 0.29) is 0 Å². The van der Waals surface area contributed by atoms with Crippen molar-refractivity contribution in [2.24, 2.45) is 0 Å². The first-order valence-corrected chi connectivity index (χ1v) is 9.76. The topological polar surface area (TPSA) is 67.4 Å². The highest BCUT2D eigenvalue weighted by molar-refractivity contribution is 7.91. The van der Waals surface area contributed by atoms with Gasteiger partial charge < -0.3 is 10.1 Å². The van der Waals surface area contributed by atoms with E-state index in [2.05, 4.69) is 10.0 Å². The second kappa shape index (κ2) is 5.96. The van der Waals surface area contributed by atoms with E-state index in [9.17, 15) is 8.42 Å². The summed E-state index contributed by atoms with van der Waals surface area (Å²) in [5, 5.41) is 5.32. The van der Waals surface area contributed by atoms with Crippen molar-refractivity contribution in [1.82, 2.24) is 10.0 Å². The average molecular weight is 330 g/mol. The molecule has 5 nitrogen and oxygen atoms in total. The Labute approximate surface area is 130 Å². The van der Waals surface area contributed by atoms with E-state index in [4.69, 9.17) is 4.74 Å². The van der Waals surface area contributed by atoms with Gasteiger partial charge in [-0.3, -0.25) is 0 Å². The highest BCUT2D eigenvalue weighted by atomic mass is 32.2. The van der Waals surface area contributed by atoms with Crippen molar-refractivity contribution in [3.05, 3.63) is 17.0 Å². The third-order valence-electron chi connectivity index (χ3n) is 3.89. The highest BCUT2D eigenvalue weighted by Crippen LogP contribution is 2.26. The third-order valence-corrected chi connectivity index (χ3v) is 7.01. The van der Waals surface area contributed by atoms with E-state index >= 15 is 0 Å². The molecule has 1 unspecified atom stereocenters. The molecule has 0 spiro atoms. The molecule has 1 aromatic heterocycles. The van der Waals surface area contributed by atoms with Crippen LogP contribution in [0, 0.1) is 0 Å². The molecule has 1 saturated carbocycles. The van der Waals surface area contributed by atoms with E-state index in [0.717, 1.165) is 24.9 Å². The standard InChI is InChI=1S/C14H22N2O3S2/c1-14(5-2-6-19-10-14)16-21(17,18)13-7-11(9-20-13)8-15-12-3-4-12/h7,9,12,15-16H,2-6,8,10H2,1H3. The summed E-state index contributed by atoms with van der Waals surface area (Å²) >= 11 is 1.28. The Kier molecular flexibility index (Phi) is 4.38. The zero-order valence-corrected chi connectivity index (χ0v) is 13.9. The lowest BCUT2D eigenvalue weighted by Gasteiger charge is -2.33. The van der Waals surface area contributed by atoms with Gasteiger partial charge in [-0.05, 0) is 49.6 Å². The van der Waals surface area contributed by atoms with Gasteiger partial charge in [0, 0.05) is 19.2 Å². The molecular weight excluding hydrogens is 308 g/mol. The molecule has 1 atom stereocenters. The molecule has 0 radical (unpaired) electrons. The van der Waals surface area contributed by atoms with Crippen LogP contribution in [0.15, 0.2) is 15.7 Å². The number of thiophene rings is 1. The third kappa shape index (κ3) is 4.04. The van der Waals surface area contributed by atoms with Crippen LogP contribution in [0.5, 0.6) is 0 Å². The summed E-state index contributed by atoms with van der Waals surface area (Å²) < 4.78 is 33.6. The maximum atomic E-state index is 12.5. The minimum absolute atomic E-state index is 0.391. The summed E-state index contributed by atoms with van der Waals surface area (Å²) in [5.41, 5.74) is 0.547. The van der Waals surface area contributed by atoms with Crippen LogP contribution in [0.2, 0.25) is 0 Å². The molecule has 1 saturated heterocycles. The van der Waals surface area contributed by atoms with Gasteiger partial charge in [0.15, 0.2) is 0 Å². The molecule has 1 aliphatic carbocycles. The van der Waals surface area contributed by atoms with E-state index < -0.39 is 15.6 Å². The first-order valence-electron chi connectivity index (χ1n) is 7.39. The number of hydrogen-bond donors (Lipinski definition) is 2. The predicted octanol–water partition coefficient (Wildman–Crippen LogP) is 1.85. The molecule has 1 aliphatic heterocycles. The van der Waals surface area contributed by atoms with Crippen molar-refractivity contribution in [3.8, 4) is 0 Å². The minimum atomic E-state index is -3.46. The molecule has 2 aliphatic rings. The summed E-state index contributed by atoms with van der Waals surface area (Å²) in [6, 6.07) is 2.40. The van der Waals surface area contributed by atoms with Crippen molar-refractivity contribution in [1.29, 1.82) is 0 Å². The van der Waals surface area contributed by atoms with Gasteiger partial charge in [0.05, 0.1) is 12.1 Å². The summed E-state index contributed by atoms with van der Waals surface area (Å²) in [4.78, 5) is 0. The van der Waals surface area contributed by atoms with E-state index in [1.54, 1.807) is 6.07 Å². The van der Waals surface area contributed by atoms with Crippen LogP contribution in [0.25, 0.3) is 0 Å². The largest absolute Gasteiger partial charge is 0.380 e. The Morgan fingerprint density at radius 3 is 2.95 bits per heavy atom. The van der Waals surface area contributed by atoms with Gasteiger partial charge in [-0.15, -0.1) is 11.3 Å². The van der Waals surface area contributed by atoms with Crippen LogP contribution >= 0.6 is 11.3 Å². The normalized spacial score (nSPS) is 26.9. The molecule has 3 rings (SSSR count). The summed E-state index contributed by atoms with van der Waals surface area (Å²) in [5.74, 6) is 0. The van der Waals surface area contributed by atoms with Crippen LogP contribution in [0.1, 0.15) is 38.2 Å². The van der Waals surface area contributed by atoms with Gasteiger partial charge in [-0.2, -0.15) is 0 Å². The smallest absolute Gasteiger partial charge is 0.250 e. The molecular formula is C14H22N2O3S2. The van der Waals surface area contributed by atoms with Crippen molar-refractivity contribution < 1.29 is 13.2 Å². The van der Waals surface area contributed by atoms with Crippen LogP contribution in [0.3, 0.4) is 0 Å². The lowest BCUT2D eigenvalue weighted by Crippen LogP contribution is -2.51. The first-order chi connectivity index (χ1) is 9.97. The first kappa shape index (κ1) is 15.4. The van der Waals surface area contributed by atoms with E-state index in [1.165, 1.54) is 24.2 Å². The fourth-order valence-electron chi connectivity index (χ4n) is 2.53. The number of ether oxygens (including phenoxy) is 1. The fourth-order valence-corrected chi connectivity index (χ4v) is 5.16. The molecule has 7 heteroatoms. The Bertz CT molecular complexity index is 587. The molecule has 0 aromatic carbocycles. The number of hydrogen-bond acceptors (Lipinski definition) is 5. The summed E-state index contributed by atoms with van der Waals surface area (Å²) in [6.07, 6.45) is 4.16. The summed E-state index contributed by atoms with van der Waals surface area (Å²) in [7, 11) is -3.46. The second-order valence-electron chi connectivity index (χ2n) is 6.25. The Hall–Kier alpha value is -0.470. The molecule has 0 amide bonds. The quantitative estimate of drug-likeness (QED) is 0.835. The van der Waals surface area contributed by atoms with Crippen molar-refractivity contribution in [2.75, 3.05) is 13.2 Å². The second-order valence-corrected chi connectivity index (χ2v) is 9.07. The minimum Gasteiger partial charge on any atom is -0.380 e. The van der Waals surface area contributed by atoms with Gasteiger partial charge in [0.25, 0.3) is 10.0 Å². The average Bonchev–Trinajstić information content (AvgIpc) is 3.12. The number of sulfonamides is 1. The molecule has 2 N–H and O–H groups in total. The van der Waals surface area contributed by atoms with E-state index in [0.29, 0.717) is 23.5 Å². The molecule has 0 bridgehead atoms. The Morgan fingerprint density at radius 2 is 2.29 bits per heavy atom. The van der Waals surface area contributed by atoms with Crippen LogP contribution in [0.4, 0.5) is 0 Å². The molecule has 118 valence electrons. The van der Waals surface area contributed by atoms with Crippen molar-refractivity contribution in [3.63, 3.8) is 0 Å². The number of rotatable bonds is 6. The molecule has 2 fully saturated rings. The van der Waals surface area contributed by atoms with Crippen molar-refractivity contribution in [2.45, 2.75) is 54.9 Å². The van der Waals surface area contributed by atoms with E-state index in [1.807, 2.05) is 12.3 Å². The lowest BCUT2D eigenvalue weighted by molar-refractivity contribution is 0.0387. The van der Waals surface area contributed by atoms with Crippen molar-refractivity contribution >= 4 is 21.4 Å². The van der Waals surface area contributed by atoms with Crippen LogP contribution in [-0.2, 0) is 21.3 Å². The lowest BCUT2D eigenvalue weighted by atomic mass is 9.97. The maximum Gasteiger partial charge on any atom is 0.250 e. The van der Waals surface area contributed by atoms with Crippen LogP contribution in [-0.4, -0.2) is 33.2 Å². The Morgan fingerprint density at radius 1 is 1.48 bits per heavy atom. The predicted molar refractivity (Wildman–Crippen MR) is 83.0 cm³/mol. The highest BCUT2D eigenvalue weighted by Gasteiger charge is 2.33. The monoisotopic (exact) mass is 330 g/mol.